The molecule has 1 aliphatic rings. The van der Waals surface area contributed by atoms with Crippen LogP contribution in [-0.4, -0.2) is 16.1 Å². The Labute approximate surface area is 105 Å². The van der Waals surface area contributed by atoms with Gasteiger partial charge in [-0.25, -0.2) is 4.98 Å². The Balaban J connectivity index is 1.72. The van der Waals surface area contributed by atoms with Gasteiger partial charge in [-0.1, -0.05) is 26.2 Å². The Hall–Kier alpha value is -0.990. The monoisotopic (exact) mass is 235 g/mol. The number of nitrogens with one attached hydrogen (secondary N) is 1. The van der Waals surface area contributed by atoms with E-state index in [1.54, 1.807) is 0 Å². The van der Waals surface area contributed by atoms with E-state index in [0.717, 1.165) is 30.9 Å². The van der Waals surface area contributed by atoms with Crippen LogP contribution in [0.1, 0.15) is 46.0 Å². The number of rotatable bonds is 5. The second kappa shape index (κ2) is 6.08. The van der Waals surface area contributed by atoms with Gasteiger partial charge >= 0.3 is 0 Å². The lowest BCUT2D eigenvalue weighted by Crippen LogP contribution is -2.17. The average molecular weight is 235 g/mol. The third kappa shape index (κ3) is 3.48. The van der Waals surface area contributed by atoms with Gasteiger partial charge in [0.05, 0.1) is 0 Å². The van der Waals surface area contributed by atoms with Gasteiger partial charge in [-0.15, -0.1) is 0 Å². The molecule has 2 rings (SSSR count). The van der Waals surface area contributed by atoms with Gasteiger partial charge in [0.2, 0.25) is 5.95 Å². The first-order valence-electron chi connectivity index (χ1n) is 7.04. The molecule has 0 bridgehead atoms. The lowest BCUT2D eigenvalue weighted by Gasteiger charge is -2.26. The van der Waals surface area contributed by atoms with E-state index in [2.05, 4.69) is 28.7 Å². The first-order chi connectivity index (χ1) is 8.29. The van der Waals surface area contributed by atoms with Crippen LogP contribution in [0.25, 0.3) is 0 Å². The van der Waals surface area contributed by atoms with Gasteiger partial charge in [-0.3, -0.25) is 0 Å². The van der Waals surface area contributed by atoms with Crippen molar-refractivity contribution in [2.75, 3.05) is 11.9 Å². The van der Waals surface area contributed by atoms with E-state index in [9.17, 15) is 0 Å². The molecule has 0 saturated heterocycles. The van der Waals surface area contributed by atoms with E-state index in [1.165, 1.54) is 32.1 Å². The summed E-state index contributed by atoms with van der Waals surface area (Å²) in [4.78, 5) is 4.34. The number of hydrogen-bond acceptors (Lipinski definition) is 2. The van der Waals surface area contributed by atoms with Crippen molar-refractivity contribution in [2.45, 2.75) is 52.5 Å². The van der Waals surface area contributed by atoms with Crippen LogP contribution in [0.5, 0.6) is 0 Å². The quantitative estimate of drug-likeness (QED) is 0.846. The lowest BCUT2D eigenvalue weighted by molar-refractivity contribution is 0.274. The van der Waals surface area contributed by atoms with E-state index in [1.807, 2.05) is 12.4 Å². The Morgan fingerprint density at radius 2 is 2.35 bits per heavy atom. The summed E-state index contributed by atoms with van der Waals surface area (Å²) < 4.78 is 2.16. The molecule has 1 aromatic rings. The van der Waals surface area contributed by atoms with E-state index in [4.69, 9.17) is 0 Å². The average Bonchev–Trinajstić information content (AvgIpc) is 2.77. The summed E-state index contributed by atoms with van der Waals surface area (Å²) in [6.07, 6.45) is 10.9. The maximum atomic E-state index is 4.34. The van der Waals surface area contributed by atoms with Gasteiger partial charge in [0.1, 0.15) is 0 Å². The van der Waals surface area contributed by atoms with E-state index in [0.29, 0.717) is 0 Å². The van der Waals surface area contributed by atoms with Gasteiger partial charge < -0.3 is 9.88 Å². The molecule has 1 fully saturated rings. The number of imidazole rings is 1. The van der Waals surface area contributed by atoms with Gasteiger partial charge in [0, 0.05) is 25.5 Å². The molecule has 0 aromatic carbocycles. The van der Waals surface area contributed by atoms with Crippen molar-refractivity contribution < 1.29 is 0 Å². The molecule has 0 radical (unpaired) electrons. The fourth-order valence-corrected chi connectivity index (χ4v) is 2.94. The van der Waals surface area contributed by atoms with Crippen LogP contribution in [0.2, 0.25) is 0 Å². The molecular formula is C14H25N3. The molecule has 1 aliphatic carbocycles. The van der Waals surface area contributed by atoms with Crippen LogP contribution in [0.3, 0.4) is 0 Å². The summed E-state index contributed by atoms with van der Waals surface area (Å²) >= 11 is 0. The highest BCUT2D eigenvalue weighted by atomic mass is 15.2. The Bertz CT molecular complexity index is 332. The fourth-order valence-electron chi connectivity index (χ4n) is 2.94. The minimum atomic E-state index is 0.927. The van der Waals surface area contributed by atoms with Crippen LogP contribution < -0.4 is 5.32 Å². The molecule has 0 spiro atoms. The lowest BCUT2D eigenvalue weighted by atomic mass is 9.81. The molecule has 1 N–H and O–H groups in total. The maximum absolute atomic E-state index is 4.34. The Kier molecular flexibility index (Phi) is 4.46. The van der Waals surface area contributed by atoms with Gasteiger partial charge in [0.15, 0.2) is 0 Å². The number of anilines is 1. The summed E-state index contributed by atoms with van der Waals surface area (Å²) in [5.74, 6) is 2.89. The second-order valence-corrected chi connectivity index (χ2v) is 5.39. The maximum Gasteiger partial charge on any atom is 0.202 e. The molecule has 3 heteroatoms. The van der Waals surface area contributed by atoms with Crippen LogP contribution in [0.15, 0.2) is 12.4 Å². The Morgan fingerprint density at radius 1 is 1.47 bits per heavy atom. The molecule has 96 valence electrons. The topological polar surface area (TPSA) is 29.9 Å². The highest BCUT2D eigenvalue weighted by Crippen LogP contribution is 2.30. The zero-order chi connectivity index (χ0) is 12.1. The Morgan fingerprint density at radius 3 is 3.12 bits per heavy atom. The highest BCUT2D eigenvalue weighted by molar-refractivity contribution is 5.25. The summed E-state index contributed by atoms with van der Waals surface area (Å²) in [6, 6.07) is 0. The van der Waals surface area contributed by atoms with Crippen LogP contribution in [0, 0.1) is 11.8 Å². The minimum absolute atomic E-state index is 0.927. The molecule has 1 aromatic heterocycles. The highest BCUT2D eigenvalue weighted by Gasteiger charge is 2.18. The van der Waals surface area contributed by atoms with Crippen LogP contribution in [-0.2, 0) is 6.54 Å². The van der Waals surface area contributed by atoms with Crippen LogP contribution >= 0.6 is 0 Å². The third-order valence-electron chi connectivity index (χ3n) is 3.94. The molecule has 2 atom stereocenters. The van der Waals surface area contributed by atoms with E-state index in [-0.39, 0.29) is 0 Å². The summed E-state index contributed by atoms with van der Waals surface area (Å²) in [6.45, 7) is 6.59. The molecule has 17 heavy (non-hydrogen) atoms. The normalized spacial score (nSPS) is 24.8. The SMILES string of the molecule is CCn1ccnc1NCCC1CCCC(C)C1. The van der Waals surface area contributed by atoms with Crippen molar-refractivity contribution in [3.05, 3.63) is 12.4 Å². The van der Waals surface area contributed by atoms with Crippen molar-refractivity contribution in [3.8, 4) is 0 Å². The predicted molar refractivity (Wildman–Crippen MR) is 72.1 cm³/mol. The molecule has 2 unspecified atom stereocenters. The second-order valence-electron chi connectivity index (χ2n) is 5.39. The number of hydrogen-bond donors (Lipinski definition) is 1. The summed E-state index contributed by atoms with van der Waals surface area (Å²) in [5.41, 5.74) is 0. The van der Waals surface area contributed by atoms with Crippen LogP contribution in [0.4, 0.5) is 5.95 Å². The molecular weight excluding hydrogens is 210 g/mol. The van der Waals surface area contributed by atoms with Crippen molar-refractivity contribution in [3.63, 3.8) is 0 Å². The van der Waals surface area contributed by atoms with E-state index < -0.39 is 0 Å². The first-order valence-corrected chi connectivity index (χ1v) is 7.04. The molecule has 0 aliphatic heterocycles. The fraction of sp³-hybridized carbons (Fsp3) is 0.786. The van der Waals surface area contributed by atoms with Crippen molar-refractivity contribution in [2.24, 2.45) is 11.8 Å². The molecule has 1 saturated carbocycles. The molecule has 0 amide bonds. The number of aromatic nitrogens is 2. The standard InChI is InChI=1S/C14H25N3/c1-3-17-10-9-16-14(17)15-8-7-13-6-4-5-12(2)11-13/h9-10,12-13H,3-8,11H2,1-2H3,(H,15,16). The molecule has 1 heterocycles. The number of aryl methyl sites for hydroxylation is 1. The van der Waals surface area contributed by atoms with Crippen molar-refractivity contribution in [1.82, 2.24) is 9.55 Å². The van der Waals surface area contributed by atoms with Gasteiger partial charge in [-0.05, 0) is 31.6 Å². The smallest absolute Gasteiger partial charge is 0.202 e. The van der Waals surface area contributed by atoms with E-state index >= 15 is 0 Å². The third-order valence-corrected chi connectivity index (χ3v) is 3.94. The van der Waals surface area contributed by atoms with Crippen molar-refractivity contribution in [1.29, 1.82) is 0 Å². The largest absolute Gasteiger partial charge is 0.356 e. The minimum Gasteiger partial charge on any atom is -0.356 e. The number of nitrogens with zero attached hydrogens (tertiary/aromatic N) is 2. The summed E-state index contributed by atoms with van der Waals surface area (Å²) in [7, 11) is 0. The first kappa shape index (κ1) is 12.5. The zero-order valence-corrected chi connectivity index (χ0v) is 11.2. The summed E-state index contributed by atoms with van der Waals surface area (Å²) in [5, 5.41) is 3.46. The zero-order valence-electron chi connectivity index (χ0n) is 11.2. The van der Waals surface area contributed by atoms with Gasteiger partial charge in [0.25, 0.3) is 0 Å². The van der Waals surface area contributed by atoms with Crippen molar-refractivity contribution >= 4 is 5.95 Å². The van der Waals surface area contributed by atoms with Gasteiger partial charge in [-0.2, -0.15) is 0 Å². The predicted octanol–water partition coefficient (Wildman–Crippen LogP) is 3.53. The molecule has 3 nitrogen and oxygen atoms in total.